The normalized spacial score (nSPS) is 13.9. The highest BCUT2D eigenvalue weighted by Crippen LogP contribution is 2.28. The van der Waals surface area contributed by atoms with Crippen molar-refractivity contribution in [2.24, 2.45) is 0 Å². The molecule has 142 valence electrons. The molecule has 0 unspecified atom stereocenters. The number of aryl methyl sites for hydroxylation is 1. The Morgan fingerprint density at radius 3 is 2.85 bits per heavy atom. The molecule has 0 saturated carbocycles. The van der Waals surface area contributed by atoms with Crippen LogP contribution in [-0.4, -0.2) is 22.6 Å². The fourth-order valence-electron chi connectivity index (χ4n) is 2.80. The summed E-state index contributed by atoms with van der Waals surface area (Å²) in [5.74, 6) is 1.99. The molecule has 0 bridgehead atoms. The third-order valence-corrected chi connectivity index (χ3v) is 5.24. The summed E-state index contributed by atoms with van der Waals surface area (Å²) in [6.45, 7) is 2.26. The highest BCUT2D eigenvalue weighted by atomic mass is 32.2. The van der Waals surface area contributed by atoms with E-state index in [-0.39, 0.29) is 11.6 Å². The summed E-state index contributed by atoms with van der Waals surface area (Å²) in [5.41, 5.74) is 2.95. The smallest absolute Gasteiger partial charge is 0.313 e. The molecule has 0 aliphatic heterocycles. The van der Waals surface area contributed by atoms with Crippen molar-refractivity contribution in [3.63, 3.8) is 0 Å². The Kier molecular flexibility index (Phi) is 6.40. The van der Waals surface area contributed by atoms with Crippen LogP contribution in [0.4, 0.5) is 4.39 Å². The lowest BCUT2D eigenvalue weighted by Gasteiger charge is -2.14. The Labute approximate surface area is 161 Å². The number of carboxylic acids is 1. The van der Waals surface area contributed by atoms with Crippen molar-refractivity contribution in [3.8, 4) is 11.3 Å². The summed E-state index contributed by atoms with van der Waals surface area (Å²) < 4.78 is 24.8. The zero-order chi connectivity index (χ0) is 19.2. The van der Waals surface area contributed by atoms with Gasteiger partial charge in [-0.25, -0.2) is 4.39 Å². The van der Waals surface area contributed by atoms with E-state index in [1.807, 2.05) is 25.1 Å². The van der Waals surface area contributed by atoms with E-state index in [0.717, 1.165) is 35.5 Å². The van der Waals surface area contributed by atoms with Gasteiger partial charge in [-0.15, -0.1) is 11.8 Å². The molecule has 0 fully saturated rings. The van der Waals surface area contributed by atoms with Gasteiger partial charge in [0.15, 0.2) is 0 Å². The number of hydrogen-bond donors (Lipinski definition) is 1. The first-order valence-corrected chi connectivity index (χ1v) is 9.84. The maximum Gasteiger partial charge on any atom is 0.313 e. The monoisotopic (exact) mass is 388 g/mol. The molecule has 3 rings (SSSR count). The van der Waals surface area contributed by atoms with Gasteiger partial charge in [-0.05, 0) is 62.2 Å². The van der Waals surface area contributed by atoms with Crippen LogP contribution in [0.15, 0.2) is 58.2 Å². The summed E-state index contributed by atoms with van der Waals surface area (Å²) in [6, 6.07) is 8.10. The molecule has 1 aromatic carbocycles. The van der Waals surface area contributed by atoms with E-state index in [0.29, 0.717) is 18.1 Å². The predicted molar refractivity (Wildman–Crippen MR) is 104 cm³/mol. The molecule has 0 spiro atoms. The molecule has 1 aliphatic carbocycles. The number of rotatable bonds is 8. The summed E-state index contributed by atoms with van der Waals surface area (Å²) in [5, 5.41) is 8.73. The molecule has 1 heterocycles. The Morgan fingerprint density at radius 1 is 1.33 bits per heavy atom. The van der Waals surface area contributed by atoms with Gasteiger partial charge in [-0.1, -0.05) is 5.57 Å². The Hall–Kier alpha value is -2.47. The van der Waals surface area contributed by atoms with Crippen molar-refractivity contribution < 1.29 is 23.4 Å². The summed E-state index contributed by atoms with van der Waals surface area (Å²) in [6.07, 6.45) is 5.86. The highest BCUT2D eigenvalue weighted by molar-refractivity contribution is 8.00. The number of aliphatic carboxylic acids is 1. The maximum absolute atomic E-state index is 13.1. The van der Waals surface area contributed by atoms with E-state index in [1.54, 1.807) is 12.1 Å². The fourth-order valence-corrected chi connectivity index (χ4v) is 3.56. The lowest BCUT2D eigenvalue weighted by molar-refractivity contribution is -0.133. The van der Waals surface area contributed by atoms with Gasteiger partial charge in [0.25, 0.3) is 0 Å². The SMILES string of the molecule is Cc1oc(-c2ccc(F)cc2)cc1COC1=CCCC(CSCC(=O)O)=C1. The standard InChI is InChI=1S/C21H21FO4S/c1-14-17(10-20(26-14)16-5-7-18(22)8-6-16)11-25-19-4-2-3-15(9-19)12-27-13-21(23)24/h4-10H,2-3,11-13H2,1H3,(H,23,24). The second-order valence-corrected chi connectivity index (χ2v) is 7.31. The minimum Gasteiger partial charge on any atom is -0.489 e. The Morgan fingerprint density at radius 2 is 2.11 bits per heavy atom. The van der Waals surface area contributed by atoms with Gasteiger partial charge in [0, 0.05) is 16.9 Å². The lowest BCUT2D eigenvalue weighted by Crippen LogP contribution is -2.03. The van der Waals surface area contributed by atoms with Crippen LogP contribution < -0.4 is 0 Å². The number of benzene rings is 1. The molecule has 2 aromatic rings. The second-order valence-electron chi connectivity index (χ2n) is 6.32. The van der Waals surface area contributed by atoms with Crippen molar-refractivity contribution in [2.75, 3.05) is 11.5 Å². The molecule has 6 heteroatoms. The number of thioether (sulfide) groups is 1. The molecule has 0 radical (unpaired) electrons. The Balaban J connectivity index is 1.59. The molecule has 0 atom stereocenters. The number of halogens is 1. The van der Waals surface area contributed by atoms with Gasteiger partial charge in [-0.2, -0.15) is 0 Å². The van der Waals surface area contributed by atoms with Gasteiger partial charge < -0.3 is 14.3 Å². The van der Waals surface area contributed by atoms with Crippen LogP contribution in [-0.2, 0) is 16.1 Å². The van der Waals surface area contributed by atoms with Gasteiger partial charge in [0.1, 0.15) is 29.7 Å². The van der Waals surface area contributed by atoms with Gasteiger partial charge in [-0.3, -0.25) is 4.79 Å². The Bertz CT molecular complexity index is 865. The van der Waals surface area contributed by atoms with E-state index in [2.05, 4.69) is 0 Å². The number of furan rings is 1. The van der Waals surface area contributed by atoms with E-state index >= 15 is 0 Å². The maximum atomic E-state index is 13.1. The number of hydrogen-bond acceptors (Lipinski definition) is 4. The molecule has 0 saturated heterocycles. The number of ether oxygens (including phenoxy) is 1. The second kappa shape index (κ2) is 8.95. The van der Waals surface area contributed by atoms with Gasteiger partial charge in [0.05, 0.1) is 5.75 Å². The number of carbonyl (C=O) groups is 1. The van der Waals surface area contributed by atoms with Gasteiger partial charge >= 0.3 is 5.97 Å². The fraction of sp³-hybridized carbons (Fsp3) is 0.286. The first kappa shape index (κ1) is 19.3. The van der Waals surface area contributed by atoms with Crippen LogP contribution in [0.1, 0.15) is 24.2 Å². The molecule has 27 heavy (non-hydrogen) atoms. The van der Waals surface area contributed by atoms with E-state index in [4.69, 9.17) is 14.3 Å². The van der Waals surface area contributed by atoms with E-state index in [9.17, 15) is 9.18 Å². The minimum absolute atomic E-state index is 0.109. The molecule has 4 nitrogen and oxygen atoms in total. The van der Waals surface area contributed by atoms with Crippen molar-refractivity contribution in [2.45, 2.75) is 26.4 Å². The van der Waals surface area contributed by atoms with Crippen LogP contribution in [0.25, 0.3) is 11.3 Å². The first-order chi connectivity index (χ1) is 13.0. The number of carboxylic acid groups (broad SMARTS) is 1. The molecule has 1 aromatic heterocycles. The molecule has 1 N–H and O–H groups in total. The largest absolute Gasteiger partial charge is 0.489 e. The van der Waals surface area contributed by atoms with Crippen LogP contribution in [0.3, 0.4) is 0 Å². The van der Waals surface area contributed by atoms with Crippen molar-refractivity contribution in [3.05, 3.63) is 71.0 Å². The predicted octanol–water partition coefficient (Wildman–Crippen LogP) is 5.33. The topological polar surface area (TPSA) is 59.7 Å². The summed E-state index contributed by atoms with van der Waals surface area (Å²) >= 11 is 1.40. The highest BCUT2D eigenvalue weighted by Gasteiger charge is 2.12. The van der Waals surface area contributed by atoms with E-state index < -0.39 is 5.97 Å². The third-order valence-electron chi connectivity index (χ3n) is 4.21. The van der Waals surface area contributed by atoms with Gasteiger partial charge in [0.2, 0.25) is 0 Å². The number of allylic oxidation sites excluding steroid dienone is 2. The van der Waals surface area contributed by atoms with E-state index in [1.165, 1.54) is 29.5 Å². The quantitative estimate of drug-likeness (QED) is 0.662. The summed E-state index contributed by atoms with van der Waals surface area (Å²) in [7, 11) is 0. The minimum atomic E-state index is -0.796. The third kappa shape index (κ3) is 5.50. The molecule has 1 aliphatic rings. The van der Waals surface area contributed by atoms with Crippen LogP contribution in [0, 0.1) is 12.7 Å². The van der Waals surface area contributed by atoms with Crippen LogP contribution >= 0.6 is 11.8 Å². The van der Waals surface area contributed by atoms with Crippen molar-refractivity contribution in [1.29, 1.82) is 0 Å². The zero-order valence-corrected chi connectivity index (χ0v) is 15.9. The van der Waals surface area contributed by atoms with Crippen molar-refractivity contribution >= 4 is 17.7 Å². The first-order valence-electron chi connectivity index (χ1n) is 8.68. The average molecular weight is 388 g/mol. The lowest BCUT2D eigenvalue weighted by atomic mass is 10.1. The zero-order valence-electron chi connectivity index (χ0n) is 15.0. The molecular weight excluding hydrogens is 367 g/mol. The van der Waals surface area contributed by atoms with Crippen LogP contribution in [0.2, 0.25) is 0 Å². The molecule has 0 amide bonds. The molecular formula is C21H21FO4S. The summed E-state index contributed by atoms with van der Waals surface area (Å²) in [4.78, 5) is 10.6. The van der Waals surface area contributed by atoms with Crippen molar-refractivity contribution in [1.82, 2.24) is 0 Å². The van der Waals surface area contributed by atoms with Crippen LogP contribution in [0.5, 0.6) is 0 Å². The average Bonchev–Trinajstić information content (AvgIpc) is 3.01.